The molecule has 18 nitrogen and oxygen atoms in total. The number of fused-ring (bicyclic) bond motifs is 8. The number of nitrogens with zero attached hydrogens (tertiary/aromatic N) is 6. The Bertz CT molecular complexity index is 3260. The van der Waals surface area contributed by atoms with Gasteiger partial charge in [-0.05, 0) is 153 Å². The fourth-order valence-electron chi connectivity index (χ4n) is 13.7. The fourth-order valence-corrected chi connectivity index (χ4v) is 13.7. The maximum Gasteiger partial charge on any atom is 0.407 e. The monoisotopic (exact) mass is 1140 g/mol. The molecule has 4 fully saturated rings. The molecule has 2 aromatic heterocycles. The molecule has 0 spiro atoms. The predicted octanol–water partition coefficient (Wildman–Crippen LogP) is 11.4. The number of ether oxygens (including phenoxy) is 4. The summed E-state index contributed by atoms with van der Waals surface area (Å²) >= 11 is 0. The van der Waals surface area contributed by atoms with E-state index in [-0.39, 0.29) is 28.5 Å². The number of H-pyrrole nitrogens is 2. The Hall–Kier alpha value is -6.61. The number of aromatic amines is 2. The molecule has 8 atom stereocenters. The van der Waals surface area contributed by atoms with Crippen LogP contribution in [-0.4, -0.2) is 130 Å². The van der Waals surface area contributed by atoms with Crippen LogP contribution < -0.4 is 20.4 Å². The van der Waals surface area contributed by atoms with Crippen LogP contribution in [0.4, 0.5) is 34.1 Å². The average molecular weight is 1140 g/mol. The Morgan fingerprint density at radius 2 is 1.09 bits per heavy atom. The van der Waals surface area contributed by atoms with Gasteiger partial charge < -0.3 is 59.1 Å². The summed E-state index contributed by atoms with van der Waals surface area (Å²) in [6, 6.07) is 4.09. The highest BCUT2D eigenvalue weighted by Gasteiger charge is 2.47. The van der Waals surface area contributed by atoms with Crippen molar-refractivity contribution in [1.82, 2.24) is 40.4 Å². The molecule has 5 aliphatic heterocycles. The normalized spacial score (nSPS) is 22.0. The van der Waals surface area contributed by atoms with Gasteiger partial charge in [-0.1, -0.05) is 20.8 Å². The Labute approximate surface area is 477 Å². The number of nitrogens with one attached hydrogen (secondary N) is 4. The van der Waals surface area contributed by atoms with Gasteiger partial charge in [-0.15, -0.1) is 0 Å². The molecule has 10 rings (SSSR count). The van der Waals surface area contributed by atoms with E-state index >= 15 is 13.2 Å². The molecule has 5 aliphatic rings. The van der Waals surface area contributed by atoms with Crippen LogP contribution in [0.3, 0.4) is 0 Å². The zero-order valence-electron chi connectivity index (χ0n) is 49.7. The molecule has 21 heteroatoms. The number of rotatable bonds is 12. The standard InChI is InChI=1S/C61H81F3N10O8/c1-31(81-60(6,7)8)50(69-57(77)79-12)55(75)72-22-14-16-45(72)53-65-39-26-34-35(27-40(39)66-53)48-47(30-38(63)52(49(48)64)71-24-20-33(21-25-71)59(3,4)5)74-43(34)18-19-44(74)36-28-41-42(29-37(36)62)68-54(67-41)46-17-15-23-73(46)56(76)51(70-58(78)80-13)32(2)82-61(9,10)11/h26-33,43-46,50-51H,14-25H2,1-13H3,(H,65,66)(H,67,68)(H,69,77)(H,70,78)/t31-,32-,43-,44-,45+,46+,50+,51+/m1/s1. The van der Waals surface area contributed by atoms with Gasteiger partial charge >= 0.3 is 12.2 Å². The highest BCUT2D eigenvalue weighted by Crippen LogP contribution is 2.58. The van der Waals surface area contributed by atoms with E-state index in [9.17, 15) is 19.2 Å². The van der Waals surface area contributed by atoms with Gasteiger partial charge in [0, 0.05) is 43.4 Å². The summed E-state index contributed by atoms with van der Waals surface area (Å²) in [5, 5.41) is 5.38. The molecular weight excluding hydrogens is 1060 g/mol. The summed E-state index contributed by atoms with van der Waals surface area (Å²) in [5.41, 5.74) is 2.94. The van der Waals surface area contributed by atoms with Crippen LogP contribution in [0.15, 0.2) is 30.3 Å². The minimum absolute atomic E-state index is 0.0375. The summed E-state index contributed by atoms with van der Waals surface area (Å²) in [7, 11) is 2.47. The van der Waals surface area contributed by atoms with Crippen molar-refractivity contribution in [2.45, 2.75) is 187 Å². The van der Waals surface area contributed by atoms with Gasteiger partial charge in [0.15, 0.2) is 11.6 Å². The average Bonchev–Trinajstić information content (AvgIpc) is 1.59. The van der Waals surface area contributed by atoms with E-state index in [2.05, 4.69) is 41.4 Å². The third-order valence-corrected chi connectivity index (χ3v) is 17.3. The molecule has 5 aromatic rings. The van der Waals surface area contributed by atoms with Gasteiger partial charge in [-0.2, -0.15) is 0 Å². The van der Waals surface area contributed by atoms with Crippen molar-refractivity contribution in [2.75, 3.05) is 50.2 Å². The van der Waals surface area contributed by atoms with Gasteiger partial charge in [-0.3, -0.25) is 9.59 Å². The van der Waals surface area contributed by atoms with Gasteiger partial charge in [-0.25, -0.2) is 32.7 Å². The van der Waals surface area contributed by atoms with Crippen LogP contribution in [0.2, 0.25) is 0 Å². The number of hydrogen-bond acceptors (Lipinski definition) is 12. The van der Waals surface area contributed by atoms with E-state index < -0.39 is 89.3 Å². The van der Waals surface area contributed by atoms with Gasteiger partial charge in [0.2, 0.25) is 11.8 Å². The molecular formula is C61H81F3N10O8. The number of piperidine rings is 1. The summed E-state index contributed by atoms with van der Waals surface area (Å²) in [6.07, 6.45) is 2.01. The zero-order valence-corrected chi connectivity index (χ0v) is 49.7. The van der Waals surface area contributed by atoms with E-state index in [1.54, 1.807) is 29.7 Å². The van der Waals surface area contributed by atoms with E-state index in [1.165, 1.54) is 26.4 Å². The smallest absolute Gasteiger partial charge is 0.407 e. The molecule has 4 amide bonds. The lowest BCUT2D eigenvalue weighted by molar-refractivity contribution is -0.143. The molecule has 444 valence electrons. The number of hydrogen-bond donors (Lipinski definition) is 4. The minimum atomic E-state index is -1.07. The van der Waals surface area contributed by atoms with Crippen molar-refractivity contribution in [2.24, 2.45) is 11.3 Å². The van der Waals surface area contributed by atoms with Crippen molar-refractivity contribution in [1.29, 1.82) is 0 Å². The zero-order chi connectivity index (χ0) is 59.1. The van der Waals surface area contributed by atoms with Crippen molar-refractivity contribution < 1.29 is 51.3 Å². The molecule has 0 radical (unpaired) electrons. The van der Waals surface area contributed by atoms with Gasteiger partial charge in [0.1, 0.15) is 35.2 Å². The second-order valence-corrected chi connectivity index (χ2v) is 26.1. The number of carbonyl (C=O) groups excluding carboxylic acids is 4. The predicted molar refractivity (Wildman–Crippen MR) is 306 cm³/mol. The Kier molecular flexibility index (Phi) is 15.8. The number of anilines is 2. The van der Waals surface area contributed by atoms with Crippen molar-refractivity contribution in [3.8, 4) is 11.1 Å². The van der Waals surface area contributed by atoms with Crippen LogP contribution in [0, 0.1) is 28.8 Å². The molecule has 3 aromatic carbocycles. The molecule has 0 saturated carbocycles. The lowest BCUT2D eigenvalue weighted by Gasteiger charge is -2.42. The first-order chi connectivity index (χ1) is 38.6. The number of aromatic nitrogens is 4. The molecule has 0 bridgehead atoms. The minimum Gasteiger partial charge on any atom is -0.453 e. The van der Waals surface area contributed by atoms with E-state index in [4.69, 9.17) is 28.9 Å². The van der Waals surface area contributed by atoms with Gasteiger partial charge in [0.25, 0.3) is 0 Å². The van der Waals surface area contributed by atoms with Crippen LogP contribution in [0.25, 0.3) is 33.2 Å². The van der Waals surface area contributed by atoms with E-state index in [0.29, 0.717) is 121 Å². The van der Waals surface area contributed by atoms with Crippen LogP contribution in [0.5, 0.6) is 0 Å². The van der Waals surface area contributed by atoms with Crippen LogP contribution in [0.1, 0.15) is 174 Å². The number of amides is 4. The number of likely N-dealkylation sites (tertiary alicyclic amines) is 2. The Balaban J connectivity index is 1.02. The molecule has 4 saturated heterocycles. The topological polar surface area (TPSA) is 200 Å². The number of methoxy groups -OCH3 is 2. The molecule has 7 heterocycles. The van der Waals surface area contributed by atoms with Gasteiger partial charge in [0.05, 0.1) is 89.6 Å². The van der Waals surface area contributed by atoms with Crippen LogP contribution in [-0.2, 0) is 28.5 Å². The maximum absolute atomic E-state index is 18.1. The van der Waals surface area contributed by atoms with Crippen LogP contribution >= 0.6 is 0 Å². The third kappa shape index (κ3) is 11.3. The molecule has 82 heavy (non-hydrogen) atoms. The van der Waals surface area contributed by atoms with Crippen molar-refractivity contribution in [3.63, 3.8) is 0 Å². The summed E-state index contributed by atoms with van der Waals surface area (Å²) < 4.78 is 74.6. The lowest BCUT2D eigenvalue weighted by atomic mass is 9.75. The summed E-state index contributed by atoms with van der Waals surface area (Å²) in [6.45, 7) is 23.0. The second-order valence-electron chi connectivity index (χ2n) is 26.1. The number of alkyl carbamates (subject to hydrolysis) is 2. The molecule has 4 N–H and O–H groups in total. The highest BCUT2D eigenvalue weighted by atomic mass is 19.1. The molecule has 0 unspecified atom stereocenters. The summed E-state index contributed by atoms with van der Waals surface area (Å²) in [4.78, 5) is 78.2. The second kappa shape index (κ2) is 22.2. The first-order valence-electron chi connectivity index (χ1n) is 29.1. The Morgan fingerprint density at radius 3 is 1.56 bits per heavy atom. The highest BCUT2D eigenvalue weighted by molar-refractivity contribution is 5.95. The summed E-state index contributed by atoms with van der Waals surface area (Å²) in [5.74, 6) is -1.27. The molecule has 0 aliphatic carbocycles. The number of imidazole rings is 2. The fraction of sp³-hybridized carbons (Fsp3) is 0.607. The first kappa shape index (κ1) is 58.6. The van der Waals surface area contributed by atoms with Crippen molar-refractivity contribution >= 4 is 57.4 Å². The third-order valence-electron chi connectivity index (χ3n) is 17.3. The van der Waals surface area contributed by atoms with E-state index in [1.807, 2.05) is 63.5 Å². The SMILES string of the molecule is COC(=O)N[C@H](C(=O)N1CCC[C@H]1c1nc2cc([C@H]3CC[C@@H]4c5cc6nc([C@@H]7CCCN7C(=O)[C@@H](NC(=O)OC)[C@@H](C)OC(C)(C)C)[nH]c6cc5-c5c(cc(F)c(N6CCC(C(C)(C)C)CC6)c5F)N34)c(F)cc2[nH]1)[C@@H](C)OC(C)(C)C. The number of benzene rings is 3. The van der Waals surface area contributed by atoms with Crippen molar-refractivity contribution in [3.05, 3.63) is 70.6 Å². The largest absolute Gasteiger partial charge is 0.453 e. The maximum atomic E-state index is 18.1. The Morgan fingerprint density at radius 1 is 0.610 bits per heavy atom. The van der Waals surface area contributed by atoms with E-state index in [0.717, 1.165) is 18.4 Å². The quantitative estimate of drug-likeness (QED) is 0.0923. The first-order valence-corrected chi connectivity index (χ1v) is 29.1. The lowest BCUT2D eigenvalue weighted by Crippen LogP contribution is -2.55. The number of carbonyl (C=O) groups is 4. The number of halogens is 3.